The van der Waals surface area contributed by atoms with E-state index in [2.05, 4.69) is 11.4 Å². The molecule has 144 valence electrons. The lowest BCUT2D eigenvalue weighted by atomic mass is 10.1. The smallest absolute Gasteiger partial charge is 0.350 e. The minimum atomic E-state index is -0.415. The number of carbonyl (C=O) groups is 2. The Kier molecular flexibility index (Phi) is 5.38. The zero-order valence-electron chi connectivity index (χ0n) is 15.4. The Hall–Kier alpha value is -2.03. The van der Waals surface area contributed by atoms with Gasteiger partial charge in [-0.25, -0.2) is 9.78 Å². The Morgan fingerprint density at radius 2 is 2.15 bits per heavy atom. The molecule has 27 heavy (non-hydrogen) atoms. The van der Waals surface area contributed by atoms with Gasteiger partial charge in [0.1, 0.15) is 9.71 Å². The Balaban J connectivity index is 1.64. The molecule has 2 aliphatic rings. The highest BCUT2D eigenvalue weighted by molar-refractivity contribution is 7.21. The minimum Gasteiger partial charge on any atom is -0.462 e. The van der Waals surface area contributed by atoms with E-state index in [-0.39, 0.29) is 19.1 Å². The van der Waals surface area contributed by atoms with Crippen molar-refractivity contribution in [3.63, 3.8) is 0 Å². The molecular weight excluding hydrogens is 366 g/mol. The molecule has 0 bridgehead atoms. The SMILES string of the molecule is CCOC(=O)c1sc2nc3c(cc2c1NC(=O)CN1CCOCC1)CCC3. The highest BCUT2D eigenvalue weighted by atomic mass is 32.1. The Bertz CT molecular complexity index is 873. The number of nitrogens with zero attached hydrogens (tertiary/aromatic N) is 2. The third kappa shape index (κ3) is 3.83. The van der Waals surface area contributed by atoms with Crippen LogP contribution in [0.3, 0.4) is 0 Å². The Morgan fingerprint density at radius 1 is 1.33 bits per heavy atom. The number of pyridine rings is 1. The Labute approximate surface area is 161 Å². The summed E-state index contributed by atoms with van der Waals surface area (Å²) in [4.78, 5) is 33.0. The molecule has 1 N–H and O–H groups in total. The molecule has 1 aliphatic heterocycles. The number of esters is 1. The largest absolute Gasteiger partial charge is 0.462 e. The molecule has 7 nitrogen and oxygen atoms in total. The number of amides is 1. The number of hydrogen-bond donors (Lipinski definition) is 1. The maximum Gasteiger partial charge on any atom is 0.350 e. The highest BCUT2D eigenvalue weighted by Crippen LogP contribution is 2.38. The summed E-state index contributed by atoms with van der Waals surface area (Å²) in [5, 5.41) is 3.79. The van der Waals surface area contributed by atoms with Crippen molar-refractivity contribution >= 4 is 39.1 Å². The molecular formula is C19H23N3O4S. The number of morpholine rings is 1. The molecule has 8 heteroatoms. The molecule has 0 spiro atoms. The van der Waals surface area contributed by atoms with E-state index in [4.69, 9.17) is 14.5 Å². The van der Waals surface area contributed by atoms with Crippen molar-refractivity contribution in [3.05, 3.63) is 22.2 Å². The number of nitrogens with one attached hydrogen (secondary N) is 1. The number of ether oxygens (including phenoxy) is 2. The topological polar surface area (TPSA) is 80.8 Å². The van der Waals surface area contributed by atoms with Crippen LogP contribution in [-0.4, -0.2) is 61.2 Å². The van der Waals surface area contributed by atoms with Gasteiger partial charge in [-0.3, -0.25) is 9.69 Å². The molecule has 1 fully saturated rings. The van der Waals surface area contributed by atoms with Crippen LogP contribution in [0.5, 0.6) is 0 Å². The number of anilines is 1. The van der Waals surface area contributed by atoms with Crippen molar-refractivity contribution in [1.82, 2.24) is 9.88 Å². The van der Waals surface area contributed by atoms with Gasteiger partial charge in [-0.15, -0.1) is 11.3 Å². The van der Waals surface area contributed by atoms with Gasteiger partial charge in [-0.1, -0.05) is 0 Å². The number of aromatic nitrogens is 1. The van der Waals surface area contributed by atoms with Crippen LogP contribution in [0.25, 0.3) is 10.2 Å². The van der Waals surface area contributed by atoms with Gasteiger partial charge < -0.3 is 14.8 Å². The van der Waals surface area contributed by atoms with Crippen LogP contribution in [0.2, 0.25) is 0 Å². The van der Waals surface area contributed by atoms with Gasteiger partial charge >= 0.3 is 5.97 Å². The van der Waals surface area contributed by atoms with Crippen LogP contribution in [0.1, 0.15) is 34.3 Å². The molecule has 4 rings (SSSR count). The predicted octanol–water partition coefficient (Wildman–Crippen LogP) is 2.23. The predicted molar refractivity (Wildman–Crippen MR) is 103 cm³/mol. The molecule has 1 amide bonds. The standard InChI is InChI=1S/C19H23N3O4S/c1-2-26-19(24)17-16(21-15(23)11-22-6-8-25-9-7-22)13-10-12-4-3-5-14(12)20-18(13)27-17/h10H,2-9,11H2,1H3,(H,21,23). The second-order valence-electron chi connectivity index (χ2n) is 6.76. The molecule has 0 aromatic carbocycles. The van der Waals surface area contributed by atoms with Crippen LogP contribution in [0, 0.1) is 0 Å². The quantitative estimate of drug-likeness (QED) is 0.790. The molecule has 3 heterocycles. The zero-order valence-corrected chi connectivity index (χ0v) is 16.2. The van der Waals surface area contributed by atoms with Crippen molar-refractivity contribution < 1.29 is 19.1 Å². The third-order valence-corrected chi connectivity index (χ3v) is 5.99. The van der Waals surface area contributed by atoms with Gasteiger partial charge in [-0.2, -0.15) is 0 Å². The monoisotopic (exact) mass is 389 g/mol. The maximum absolute atomic E-state index is 12.6. The number of hydrogen-bond acceptors (Lipinski definition) is 7. The first kappa shape index (κ1) is 18.3. The second-order valence-corrected chi connectivity index (χ2v) is 7.76. The van der Waals surface area contributed by atoms with E-state index in [0.29, 0.717) is 23.8 Å². The molecule has 1 saturated heterocycles. The van der Waals surface area contributed by atoms with Crippen LogP contribution in [0.4, 0.5) is 5.69 Å². The average molecular weight is 389 g/mol. The van der Waals surface area contributed by atoms with Crippen molar-refractivity contribution in [3.8, 4) is 0 Å². The molecule has 0 radical (unpaired) electrons. The summed E-state index contributed by atoms with van der Waals surface area (Å²) in [6.07, 6.45) is 3.06. The van der Waals surface area contributed by atoms with Crippen LogP contribution in [-0.2, 0) is 27.1 Å². The lowest BCUT2D eigenvalue weighted by Crippen LogP contribution is -2.41. The van der Waals surface area contributed by atoms with Crippen molar-refractivity contribution in [2.75, 3.05) is 44.8 Å². The van der Waals surface area contributed by atoms with E-state index in [1.54, 1.807) is 6.92 Å². The summed E-state index contributed by atoms with van der Waals surface area (Å²) in [5.41, 5.74) is 2.85. The average Bonchev–Trinajstić information content (AvgIpc) is 3.25. The van der Waals surface area contributed by atoms with Gasteiger partial charge in [0.15, 0.2) is 0 Å². The normalized spacial score (nSPS) is 17.1. The van der Waals surface area contributed by atoms with E-state index >= 15 is 0 Å². The Morgan fingerprint density at radius 3 is 2.93 bits per heavy atom. The molecule has 2 aromatic rings. The summed E-state index contributed by atoms with van der Waals surface area (Å²) in [6, 6.07) is 2.08. The van der Waals surface area contributed by atoms with Crippen LogP contribution < -0.4 is 5.32 Å². The van der Waals surface area contributed by atoms with E-state index < -0.39 is 5.97 Å². The number of aryl methyl sites for hydroxylation is 2. The molecule has 0 unspecified atom stereocenters. The van der Waals surface area contributed by atoms with Crippen molar-refractivity contribution in [1.29, 1.82) is 0 Å². The van der Waals surface area contributed by atoms with Gasteiger partial charge in [-0.05, 0) is 37.8 Å². The molecule has 1 aliphatic carbocycles. The van der Waals surface area contributed by atoms with Crippen LogP contribution >= 0.6 is 11.3 Å². The third-order valence-electron chi connectivity index (χ3n) is 4.91. The van der Waals surface area contributed by atoms with E-state index in [9.17, 15) is 9.59 Å². The summed E-state index contributed by atoms with van der Waals surface area (Å²) >= 11 is 1.29. The molecule has 0 saturated carbocycles. The summed E-state index contributed by atoms with van der Waals surface area (Å²) in [7, 11) is 0. The lowest BCUT2D eigenvalue weighted by Gasteiger charge is -2.25. The minimum absolute atomic E-state index is 0.136. The van der Waals surface area contributed by atoms with Gasteiger partial charge in [0, 0.05) is 24.2 Å². The van der Waals surface area contributed by atoms with Crippen LogP contribution in [0.15, 0.2) is 6.07 Å². The lowest BCUT2D eigenvalue weighted by molar-refractivity contribution is -0.118. The van der Waals surface area contributed by atoms with Gasteiger partial charge in [0.25, 0.3) is 0 Å². The zero-order chi connectivity index (χ0) is 18.8. The fraction of sp³-hybridized carbons (Fsp3) is 0.526. The number of fused-ring (bicyclic) bond motifs is 2. The fourth-order valence-corrected chi connectivity index (χ4v) is 4.61. The van der Waals surface area contributed by atoms with E-state index in [0.717, 1.165) is 48.3 Å². The number of carbonyl (C=O) groups excluding carboxylic acids is 2. The maximum atomic E-state index is 12.6. The highest BCUT2D eigenvalue weighted by Gasteiger charge is 2.25. The first-order chi connectivity index (χ1) is 13.2. The summed E-state index contributed by atoms with van der Waals surface area (Å²) in [5.74, 6) is -0.551. The first-order valence-corrected chi connectivity index (χ1v) is 10.2. The van der Waals surface area contributed by atoms with Gasteiger partial charge in [0.05, 0.1) is 32.1 Å². The van der Waals surface area contributed by atoms with E-state index in [1.807, 2.05) is 4.90 Å². The first-order valence-electron chi connectivity index (χ1n) is 9.38. The number of thiophene rings is 1. The number of rotatable bonds is 5. The summed E-state index contributed by atoms with van der Waals surface area (Å²) < 4.78 is 10.5. The van der Waals surface area contributed by atoms with Crippen molar-refractivity contribution in [2.45, 2.75) is 26.2 Å². The molecule has 2 aromatic heterocycles. The van der Waals surface area contributed by atoms with Gasteiger partial charge in [0.2, 0.25) is 5.91 Å². The van der Waals surface area contributed by atoms with E-state index in [1.165, 1.54) is 16.9 Å². The second kappa shape index (κ2) is 7.92. The van der Waals surface area contributed by atoms with Crippen molar-refractivity contribution in [2.24, 2.45) is 0 Å². The fourth-order valence-electron chi connectivity index (χ4n) is 3.59. The summed E-state index contributed by atoms with van der Waals surface area (Å²) in [6.45, 7) is 5.08. The molecule has 0 atom stereocenters.